The summed E-state index contributed by atoms with van der Waals surface area (Å²) < 4.78 is 1.85. The lowest BCUT2D eigenvalue weighted by Gasteiger charge is -2.21. The van der Waals surface area contributed by atoms with Gasteiger partial charge in [0.1, 0.15) is 12.1 Å². The number of nitrogens with one attached hydrogen (secondary N) is 1. The molecule has 0 aliphatic rings. The molecule has 4 nitrogen and oxygen atoms in total. The molecule has 4 heteroatoms. The van der Waals surface area contributed by atoms with E-state index in [0.29, 0.717) is 12.0 Å². The van der Waals surface area contributed by atoms with E-state index in [1.165, 1.54) is 12.0 Å². The molecule has 2 heterocycles. The Bertz CT molecular complexity index is 503. The van der Waals surface area contributed by atoms with Crippen LogP contribution in [0.5, 0.6) is 0 Å². The molecule has 2 aromatic heterocycles. The van der Waals surface area contributed by atoms with E-state index in [4.69, 9.17) is 0 Å². The van der Waals surface area contributed by atoms with Gasteiger partial charge in [-0.3, -0.25) is 0 Å². The summed E-state index contributed by atoms with van der Waals surface area (Å²) in [6.07, 6.45) is 2.76. The third kappa shape index (κ3) is 2.40. The largest absolute Gasteiger partial charge is 0.367 e. The van der Waals surface area contributed by atoms with Gasteiger partial charge >= 0.3 is 0 Å². The van der Waals surface area contributed by atoms with Crippen LogP contribution >= 0.6 is 0 Å². The number of rotatable bonds is 4. The SMILES string of the molecule is CCC(C)C(C)Nc1cc(C)cc2ncnn12. The van der Waals surface area contributed by atoms with Gasteiger partial charge < -0.3 is 5.32 Å². The summed E-state index contributed by atoms with van der Waals surface area (Å²) in [4.78, 5) is 4.22. The average molecular weight is 232 g/mol. The number of aryl methyl sites for hydroxylation is 1. The van der Waals surface area contributed by atoms with E-state index in [1.807, 2.05) is 10.6 Å². The molecule has 17 heavy (non-hydrogen) atoms. The standard InChI is InChI=1S/C13H20N4/c1-5-10(3)11(4)16-13-7-9(2)6-12-14-8-15-17(12)13/h6-8,10-11,16H,5H2,1-4H3. The molecule has 1 N–H and O–H groups in total. The van der Waals surface area contributed by atoms with Crippen LogP contribution in [0.25, 0.3) is 5.65 Å². The van der Waals surface area contributed by atoms with Crippen molar-refractivity contribution in [1.82, 2.24) is 14.6 Å². The van der Waals surface area contributed by atoms with E-state index < -0.39 is 0 Å². The quantitative estimate of drug-likeness (QED) is 0.881. The fourth-order valence-electron chi connectivity index (χ4n) is 1.89. The van der Waals surface area contributed by atoms with Gasteiger partial charge in [-0.1, -0.05) is 20.3 Å². The predicted octanol–water partition coefficient (Wildman–Crippen LogP) is 2.88. The van der Waals surface area contributed by atoms with Crippen LogP contribution in [-0.2, 0) is 0 Å². The van der Waals surface area contributed by atoms with Gasteiger partial charge in [-0.2, -0.15) is 9.61 Å². The van der Waals surface area contributed by atoms with Crippen LogP contribution in [-0.4, -0.2) is 20.6 Å². The maximum atomic E-state index is 4.24. The third-order valence-corrected chi connectivity index (χ3v) is 3.40. The first-order valence-corrected chi connectivity index (χ1v) is 6.18. The van der Waals surface area contributed by atoms with Crippen molar-refractivity contribution in [3.8, 4) is 0 Å². The van der Waals surface area contributed by atoms with Crippen LogP contribution in [0.4, 0.5) is 5.82 Å². The van der Waals surface area contributed by atoms with Gasteiger partial charge in [-0.25, -0.2) is 4.98 Å². The molecular formula is C13H20N4. The first-order chi connectivity index (χ1) is 8.11. The van der Waals surface area contributed by atoms with Gasteiger partial charge in [-0.15, -0.1) is 0 Å². The summed E-state index contributed by atoms with van der Waals surface area (Å²) in [6, 6.07) is 4.57. The predicted molar refractivity (Wildman–Crippen MR) is 70.3 cm³/mol. The van der Waals surface area contributed by atoms with Gasteiger partial charge in [0.2, 0.25) is 0 Å². The van der Waals surface area contributed by atoms with Gasteiger partial charge in [0.15, 0.2) is 5.65 Å². The Kier molecular flexibility index (Phi) is 3.31. The molecule has 0 aliphatic carbocycles. The molecule has 0 aromatic carbocycles. The first-order valence-electron chi connectivity index (χ1n) is 6.18. The Hall–Kier alpha value is -1.58. The molecule has 0 saturated carbocycles. The zero-order valence-electron chi connectivity index (χ0n) is 10.9. The summed E-state index contributed by atoms with van der Waals surface area (Å²) in [5.41, 5.74) is 2.09. The molecule has 0 bridgehead atoms. The minimum atomic E-state index is 0.425. The van der Waals surface area contributed by atoms with E-state index in [1.54, 1.807) is 6.33 Å². The van der Waals surface area contributed by atoms with Crippen molar-refractivity contribution in [1.29, 1.82) is 0 Å². The number of pyridine rings is 1. The van der Waals surface area contributed by atoms with Crippen LogP contribution in [0.2, 0.25) is 0 Å². The van der Waals surface area contributed by atoms with E-state index in [-0.39, 0.29) is 0 Å². The van der Waals surface area contributed by atoms with E-state index in [2.05, 4.69) is 49.2 Å². The van der Waals surface area contributed by atoms with Gasteiger partial charge in [0.05, 0.1) is 0 Å². The number of anilines is 1. The molecule has 0 amide bonds. The minimum Gasteiger partial charge on any atom is -0.367 e. The maximum Gasteiger partial charge on any atom is 0.157 e. The van der Waals surface area contributed by atoms with Crippen molar-refractivity contribution >= 4 is 11.5 Å². The lowest BCUT2D eigenvalue weighted by atomic mass is 10.0. The second kappa shape index (κ2) is 4.73. The van der Waals surface area contributed by atoms with Crippen LogP contribution in [0, 0.1) is 12.8 Å². The zero-order chi connectivity index (χ0) is 12.4. The monoisotopic (exact) mass is 232 g/mol. The molecule has 2 aromatic rings. The highest BCUT2D eigenvalue weighted by Gasteiger charge is 2.12. The smallest absolute Gasteiger partial charge is 0.157 e. The second-order valence-electron chi connectivity index (χ2n) is 4.77. The molecule has 2 rings (SSSR count). The van der Waals surface area contributed by atoms with Gasteiger partial charge in [0, 0.05) is 6.04 Å². The van der Waals surface area contributed by atoms with Crippen LogP contribution in [0.1, 0.15) is 32.8 Å². The summed E-state index contributed by atoms with van der Waals surface area (Å²) >= 11 is 0. The zero-order valence-corrected chi connectivity index (χ0v) is 10.9. The maximum absolute atomic E-state index is 4.24. The first kappa shape index (κ1) is 11.9. The Balaban J connectivity index is 2.31. The van der Waals surface area contributed by atoms with Crippen molar-refractivity contribution in [3.05, 3.63) is 24.0 Å². The third-order valence-electron chi connectivity index (χ3n) is 3.40. The van der Waals surface area contributed by atoms with Crippen molar-refractivity contribution in [3.63, 3.8) is 0 Å². The van der Waals surface area contributed by atoms with Gasteiger partial charge in [0.25, 0.3) is 0 Å². The molecule has 0 saturated heterocycles. The summed E-state index contributed by atoms with van der Waals surface area (Å²) in [5.74, 6) is 1.65. The number of hydrogen-bond donors (Lipinski definition) is 1. The highest BCUT2D eigenvalue weighted by molar-refractivity contribution is 5.51. The van der Waals surface area contributed by atoms with Crippen molar-refractivity contribution < 1.29 is 0 Å². The van der Waals surface area contributed by atoms with Gasteiger partial charge in [-0.05, 0) is 37.5 Å². The molecule has 0 fully saturated rings. The Labute approximate surface area is 102 Å². The van der Waals surface area contributed by atoms with E-state index in [9.17, 15) is 0 Å². The fraction of sp³-hybridized carbons (Fsp3) is 0.538. The van der Waals surface area contributed by atoms with Crippen molar-refractivity contribution in [2.75, 3.05) is 5.32 Å². The van der Waals surface area contributed by atoms with E-state index >= 15 is 0 Å². The lowest BCUT2D eigenvalue weighted by molar-refractivity contribution is 0.492. The molecule has 92 valence electrons. The number of fused-ring (bicyclic) bond motifs is 1. The Morgan fingerprint density at radius 2 is 2.12 bits per heavy atom. The van der Waals surface area contributed by atoms with Crippen LogP contribution < -0.4 is 5.32 Å². The number of hydrogen-bond acceptors (Lipinski definition) is 3. The van der Waals surface area contributed by atoms with Crippen LogP contribution in [0.15, 0.2) is 18.5 Å². The molecule has 2 unspecified atom stereocenters. The Morgan fingerprint density at radius 1 is 1.35 bits per heavy atom. The molecular weight excluding hydrogens is 212 g/mol. The highest BCUT2D eigenvalue weighted by atomic mass is 15.3. The Morgan fingerprint density at radius 3 is 2.82 bits per heavy atom. The lowest BCUT2D eigenvalue weighted by Crippen LogP contribution is -2.24. The second-order valence-corrected chi connectivity index (χ2v) is 4.77. The molecule has 0 aliphatic heterocycles. The summed E-state index contributed by atoms with van der Waals surface area (Å²) in [6.45, 7) is 8.75. The topological polar surface area (TPSA) is 42.2 Å². The average Bonchev–Trinajstić information content (AvgIpc) is 2.75. The van der Waals surface area contributed by atoms with Crippen molar-refractivity contribution in [2.24, 2.45) is 5.92 Å². The summed E-state index contributed by atoms with van der Waals surface area (Å²) in [7, 11) is 0. The van der Waals surface area contributed by atoms with Crippen LogP contribution in [0.3, 0.4) is 0 Å². The molecule has 2 atom stereocenters. The minimum absolute atomic E-state index is 0.425. The number of nitrogens with zero attached hydrogens (tertiary/aromatic N) is 3. The number of aromatic nitrogens is 3. The normalized spacial score (nSPS) is 14.8. The summed E-state index contributed by atoms with van der Waals surface area (Å²) in [5, 5.41) is 7.76. The van der Waals surface area contributed by atoms with E-state index in [0.717, 1.165) is 11.5 Å². The highest BCUT2D eigenvalue weighted by Crippen LogP contribution is 2.17. The molecule has 0 spiro atoms. The van der Waals surface area contributed by atoms with Crippen molar-refractivity contribution in [2.45, 2.75) is 40.2 Å². The molecule has 0 radical (unpaired) electrons. The fourth-order valence-corrected chi connectivity index (χ4v) is 1.89.